The summed E-state index contributed by atoms with van der Waals surface area (Å²) >= 11 is 0. The summed E-state index contributed by atoms with van der Waals surface area (Å²) in [5, 5.41) is 19.3. The number of hydrogen-bond acceptors (Lipinski definition) is 2. The van der Waals surface area contributed by atoms with Gasteiger partial charge in [0.05, 0.1) is 12.0 Å². The maximum Gasteiger partial charge on any atom is 0.103 e. The average Bonchev–Trinajstić information content (AvgIpc) is 2.19. The van der Waals surface area contributed by atoms with Crippen LogP contribution < -0.4 is 0 Å². The van der Waals surface area contributed by atoms with E-state index >= 15 is 0 Å². The van der Waals surface area contributed by atoms with Crippen molar-refractivity contribution in [3.63, 3.8) is 0 Å². The van der Waals surface area contributed by atoms with Crippen LogP contribution in [0.1, 0.15) is 31.4 Å². The first-order chi connectivity index (χ1) is 7.02. The van der Waals surface area contributed by atoms with E-state index in [2.05, 4.69) is 6.07 Å². The van der Waals surface area contributed by atoms with E-state index in [0.29, 0.717) is 6.42 Å². The molecule has 0 saturated heterocycles. The molecule has 0 radical (unpaired) electrons. The van der Waals surface area contributed by atoms with Gasteiger partial charge >= 0.3 is 0 Å². The third-order valence-electron chi connectivity index (χ3n) is 2.88. The predicted octanol–water partition coefficient (Wildman–Crippen LogP) is 2.75. The second-order valence-electron chi connectivity index (χ2n) is 4.10. The molecule has 0 fully saturated rings. The first kappa shape index (κ1) is 11.7. The molecule has 0 aliphatic heterocycles. The predicted molar refractivity (Wildman–Crippen MR) is 60.1 cm³/mol. The van der Waals surface area contributed by atoms with Gasteiger partial charge in [0, 0.05) is 0 Å². The second-order valence-corrected chi connectivity index (χ2v) is 4.10. The van der Waals surface area contributed by atoms with Gasteiger partial charge in [0.1, 0.15) is 5.60 Å². The Bertz CT molecular complexity index is 359. The van der Waals surface area contributed by atoms with Crippen LogP contribution in [-0.2, 0) is 5.60 Å². The van der Waals surface area contributed by atoms with Gasteiger partial charge in [-0.05, 0) is 25.8 Å². The molecule has 2 unspecified atom stereocenters. The van der Waals surface area contributed by atoms with E-state index in [1.54, 1.807) is 6.92 Å². The molecule has 0 amide bonds. The van der Waals surface area contributed by atoms with Gasteiger partial charge in [0.15, 0.2) is 0 Å². The van der Waals surface area contributed by atoms with Crippen LogP contribution in [0.15, 0.2) is 24.3 Å². The fourth-order valence-corrected chi connectivity index (χ4v) is 1.71. The summed E-state index contributed by atoms with van der Waals surface area (Å²) in [6, 6.07) is 9.83. The van der Waals surface area contributed by atoms with Crippen molar-refractivity contribution in [1.29, 1.82) is 5.26 Å². The maximum absolute atomic E-state index is 10.3. The minimum absolute atomic E-state index is 0.361. The Hall–Kier alpha value is -1.33. The normalized spacial score (nSPS) is 16.5. The zero-order chi connectivity index (χ0) is 11.5. The van der Waals surface area contributed by atoms with Crippen LogP contribution in [0.2, 0.25) is 0 Å². The van der Waals surface area contributed by atoms with Crippen LogP contribution in [0.3, 0.4) is 0 Å². The SMILES string of the molecule is CCC(C#N)C(C)(O)c1ccc(C)cc1. The second kappa shape index (κ2) is 4.46. The molecule has 2 atom stereocenters. The highest BCUT2D eigenvalue weighted by Gasteiger charge is 2.32. The number of benzene rings is 1. The highest BCUT2D eigenvalue weighted by atomic mass is 16.3. The lowest BCUT2D eigenvalue weighted by atomic mass is 9.82. The fourth-order valence-electron chi connectivity index (χ4n) is 1.71. The molecule has 1 aromatic carbocycles. The smallest absolute Gasteiger partial charge is 0.103 e. The van der Waals surface area contributed by atoms with Gasteiger partial charge in [-0.1, -0.05) is 36.8 Å². The Balaban J connectivity index is 3.05. The van der Waals surface area contributed by atoms with E-state index < -0.39 is 5.60 Å². The molecule has 0 saturated carbocycles. The largest absolute Gasteiger partial charge is 0.384 e. The van der Waals surface area contributed by atoms with E-state index in [-0.39, 0.29) is 5.92 Å². The number of aryl methyl sites for hydroxylation is 1. The van der Waals surface area contributed by atoms with Gasteiger partial charge in [-0.25, -0.2) is 0 Å². The van der Waals surface area contributed by atoms with Crippen molar-refractivity contribution >= 4 is 0 Å². The number of hydrogen-bond donors (Lipinski definition) is 1. The standard InChI is InChI=1S/C13H17NO/c1-4-11(9-14)13(3,15)12-7-5-10(2)6-8-12/h5-8,11,15H,4H2,1-3H3. The minimum atomic E-state index is -1.06. The Morgan fingerprint density at radius 3 is 2.33 bits per heavy atom. The molecule has 0 bridgehead atoms. The van der Waals surface area contributed by atoms with Crippen molar-refractivity contribution in [1.82, 2.24) is 0 Å². The van der Waals surface area contributed by atoms with Crippen LogP contribution in [0.5, 0.6) is 0 Å². The minimum Gasteiger partial charge on any atom is -0.384 e. The Morgan fingerprint density at radius 2 is 1.93 bits per heavy atom. The van der Waals surface area contributed by atoms with E-state index in [1.165, 1.54) is 0 Å². The molecule has 2 nitrogen and oxygen atoms in total. The molecule has 2 heteroatoms. The summed E-state index contributed by atoms with van der Waals surface area (Å²) in [6.45, 7) is 5.62. The van der Waals surface area contributed by atoms with Crippen molar-refractivity contribution in [2.45, 2.75) is 32.8 Å². The fraction of sp³-hybridized carbons (Fsp3) is 0.462. The Labute approximate surface area is 91.2 Å². The maximum atomic E-state index is 10.3. The topological polar surface area (TPSA) is 44.0 Å². The molecule has 0 aliphatic rings. The van der Waals surface area contributed by atoms with Crippen LogP contribution in [-0.4, -0.2) is 5.11 Å². The van der Waals surface area contributed by atoms with Crippen molar-refractivity contribution in [3.05, 3.63) is 35.4 Å². The summed E-state index contributed by atoms with van der Waals surface area (Å²) in [5.74, 6) is -0.361. The molecule has 0 spiro atoms. The molecule has 0 aliphatic carbocycles. The first-order valence-electron chi connectivity index (χ1n) is 5.21. The third kappa shape index (κ3) is 2.37. The van der Waals surface area contributed by atoms with Crippen LogP contribution in [0.4, 0.5) is 0 Å². The highest BCUT2D eigenvalue weighted by molar-refractivity contribution is 5.27. The van der Waals surface area contributed by atoms with E-state index in [9.17, 15) is 5.11 Å². The van der Waals surface area contributed by atoms with Crippen LogP contribution in [0, 0.1) is 24.2 Å². The highest BCUT2D eigenvalue weighted by Crippen LogP contribution is 2.31. The zero-order valence-electron chi connectivity index (χ0n) is 9.49. The summed E-state index contributed by atoms with van der Waals surface area (Å²) in [7, 11) is 0. The Kier molecular flexibility index (Phi) is 3.49. The number of rotatable bonds is 3. The zero-order valence-corrected chi connectivity index (χ0v) is 9.49. The first-order valence-corrected chi connectivity index (χ1v) is 5.21. The van der Waals surface area contributed by atoms with E-state index in [0.717, 1.165) is 11.1 Å². The monoisotopic (exact) mass is 203 g/mol. The number of aliphatic hydroxyl groups is 1. The van der Waals surface area contributed by atoms with Gasteiger partial charge in [-0.3, -0.25) is 0 Å². The summed E-state index contributed by atoms with van der Waals surface area (Å²) in [4.78, 5) is 0. The molecular formula is C13H17NO. The summed E-state index contributed by atoms with van der Waals surface area (Å²) in [6.07, 6.45) is 0.650. The number of nitrogens with zero attached hydrogens (tertiary/aromatic N) is 1. The van der Waals surface area contributed by atoms with Gasteiger partial charge in [-0.15, -0.1) is 0 Å². The summed E-state index contributed by atoms with van der Waals surface area (Å²) in [5.41, 5.74) is 0.901. The van der Waals surface area contributed by atoms with Crippen LogP contribution in [0.25, 0.3) is 0 Å². The molecule has 15 heavy (non-hydrogen) atoms. The third-order valence-corrected chi connectivity index (χ3v) is 2.88. The van der Waals surface area contributed by atoms with Crippen molar-refractivity contribution in [2.24, 2.45) is 5.92 Å². The van der Waals surface area contributed by atoms with Gasteiger partial charge < -0.3 is 5.11 Å². The molecule has 0 aromatic heterocycles. The van der Waals surface area contributed by atoms with Crippen molar-refractivity contribution in [2.75, 3.05) is 0 Å². The molecule has 1 N–H and O–H groups in total. The molecule has 80 valence electrons. The lowest BCUT2D eigenvalue weighted by Crippen LogP contribution is -2.30. The van der Waals surface area contributed by atoms with Gasteiger partial charge in [-0.2, -0.15) is 5.26 Å². The lowest BCUT2D eigenvalue weighted by Gasteiger charge is -2.28. The Morgan fingerprint density at radius 1 is 1.40 bits per heavy atom. The molecule has 1 rings (SSSR count). The quantitative estimate of drug-likeness (QED) is 0.820. The van der Waals surface area contributed by atoms with E-state index in [4.69, 9.17) is 5.26 Å². The van der Waals surface area contributed by atoms with Crippen LogP contribution >= 0.6 is 0 Å². The molecule has 1 aromatic rings. The van der Waals surface area contributed by atoms with Crippen molar-refractivity contribution < 1.29 is 5.11 Å². The van der Waals surface area contributed by atoms with Crippen molar-refractivity contribution in [3.8, 4) is 6.07 Å². The van der Waals surface area contributed by atoms with Gasteiger partial charge in [0.25, 0.3) is 0 Å². The lowest BCUT2D eigenvalue weighted by molar-refractivity contribution is 0.0151. The average molecular weight is 203 g/mol. The van der Waals surface area contributed by atoms with E-state index in [1.807, 2.05) is 38.1 Å². The summed E-state index contributed by atoms with van der Waals surface area (Å²) < 4.78 is 0. The van der Waals surface area contributed by atoms with Gasteiger partial charge in [0.2, 0.25) is 0 Å². The molecule has 0 heterocycles. The number of nitriles is 1. The molecular weight excluding hydrogens is 186 g/mol.